The molecule has 5 nitrogen and oxygen atoms in total. The summed E-state index contributed by atoms with van der Waals surface area (Å²) in [5.74, 6) is -0.424. The minimum Gasteiger partial charge on any atom is -0.408 e. The highest BCUT2D eigenvalue weighted by Crippen LogP contribution is 2.22. The Kier molecular flexibility index (Phi) is 3.17. The molecule has 3 N–H and O–H groups in total. The maximum Gasteiger partial charge on any atom is 0.417 e. The molecule has 0 bridgehead atoms. The third-order valence-electron chi connectivity index (χ3n) is 3.06. The Morgan fingerprint density at radius 2 is 2.17 bits per heavy atom. The van der Waals surface area contributed by atoms with Crippen molar-refractivity contribution in [1.29, 1.82) is 0 Å². The molecule has 0 aliphatic heterocycles. The Labute approximate surface area is 106 Å². The van der Waals surface area contributed by atoms with E-state index in [1.165, 1.54) is 0 Å². The van der Waals surface area contributed by atoms with Gasteiger partial charge in [-0.25, -0.2) is 4.79 Å². The van der Waals surface area contributed by atoms with Crippen LogP contribution >= 0.6 is 0 Å². The van der Waals surface area contributed by atoms with Crippen molar-refractivity contribution in [2.45, 2.75) is 13.8 Å². The highest BCUT2D eigenvalue weighted by atomic mass is 16.4. The molecule has 5 heteroatoms. The molecule has 0 spiro atoms. The van der Waals surface area contributed by atoms with Crippen molar-refractivity contribution in [2.75, 3.05) is 25.0 Å². The van der Waals surface area contributed by atoms with Gasteiger partial charge in [-0.1, -0.05) is 13.8 Å². The number of rotatable bonds is 4. The summed E-state index contributed by atoms with van der Waals surface area (Å²) < 4.78 is 4.98. The topological polar surface area (TPSA) is 75.3 Å². The van der Waals surface area contributed by atoms with E-state index < -0.39 is 5.76 Å². The van der Waals surface area contributed by atoms with Crippen molar-refractivity contribution in [3.63, 3.8) is 0 Å². The average molecular weight is 249 g/mol. The van der Waals surface area contributed by atoms with E-state index in [2.05, 4.69) is 23.7 Å². The standard InChI is InChI=1S/C13H19N3O2/c1-13(2,7-14)8-16(3)9-4-5-11-10(6-9)15-12(17)18-11/h4-6H,7-8,14H2,1-3H3,(H,15,17). The highest BCUT2D eigenvalue weighted by molar-refractivity contribution is 5.77. The second-order valence-corrected chi connectivity index (χ2v) is 5.42. The van der Waals surface area contributed by atoms with Crippen LogP contribution in [-0.4, -0.2) is 25.1 Å². The van der Waals surface area contributed by atoms with Gasteiger partial charge in [-0.2, -0.15) is 0 Å². The van der Waals surface area contributed by atoms with Gasteiger partial charge in [0.1, 0.15) is 0 Å². The molecule has 0 atom stereocenters. The van der Waals surface area contributed by atoms with Crippen LogP contribution < -0.4 is 16.4 Å². The van der Waals surface area contributed by atoms with Crippen LogP contribution in [0.2, 0.25) is 0 Å². The third kappa shape index (κ3) is 2.56. The summed E-state index contributed by atoms with van der Waals surface area (Å²) in [6.45, 7) is 5.72. The normalized spacial score (nSPS) is 12.0. The Bertz CT molecular complexity index is 598. The SMILES string of the molecule is CN(CC(C)(C)CN)c1ccc2oc(=O)[nH]c2c1. The summed E-state index contributed by atoms with van der Waals surface area (Å²) in [5.41, 5.74) is 8.11. The van der Waals surface area contributed by atoms with Crippen molar-refractivity contribution >= 4 is 16.8 Å². The number of nitrogens with one attached hydrogen (secondary N) is 1. The summed E-state index contributed by atoms with van der Waals surface area (Å²) in [6.07, 6.45) is 0. The fourth-order valence-electron chi connectivity index (χ4n) is 1.98. The van der Waals surface area contributed by atoms with Crippen LogP contribution in [0.3, 0.4) is 0 Å². The zero-order valence-corrected chi connectivity index (χ0v) is 11.0. The highest BCUT2D eigenvalue weighted by Gasteiger charge is 2.18. The van der Waals surface area contributed by atoms with E-state index in [4.69, 9.17) is 10.2 Å². The second-order valence-electron chi connectivity index (χ2n) is 5.42. The summed E-state index contributed by atoms with van der Waals surface area (Å²) in [6, 6.07) is 5.65. The molecule has 0 saturated carbocycles. The third-order valence-corrected chi connectivity index (χ3v) is 3.06. The van der Waals surface area contributed by atoms with Gasteiger partial charge in [0.2, 0.25) is 0 Å². The first-order valence-corrected chi connectivity index (χ1v) is 5.95. The van der Waals surface area contributed by atoms with Crippen LogP contribution in [0.15, 0.2) is 27.4 Å². The van der Waals surface area contributed by atoms with Gasteiger partial charge in [0.05, 0.1) is 5.52 Å². The smallest absolute Gasteiger partial charge is 0.408 e. The Morgan fingerprint density at radius 1 is 1.44 bits per heavy atom. The van der Waals surface area contributed by atoms with Gasteiger partial charge in [-0.05, 0) is 30.2 Å². The van der Waals surface area contributed by atoms with E-state index in [9.17, 15) is 4.79 Å². The first-order chi connectivity index (χ1) is 8.41. The van der Waals surface area contributed by atoms with Gasteiger partial charge in [-0.3, -0.25) is 4.98 Å². The van der Waals surface area contributed by atoms with Crippen LogP contribution in [0, 0.1) is 5.41 Å². The van der Waals surface area contributed by atoms with Crippen LogP contribution in [0.5, 0.6) is 0 Å². The van der Waals surface area contributed by atoms with Gasteiger partial charge in [-0.15, -0.1) is 0 Å². The monoisotopic (exact) mass is 249 g/mol. The first kappa shape index (κ1) is 12.7. The molecular formula is C13H19N3O2. The maximum absolute atomic E-state index is 11.1. The van der Waals surface area contributed by atoms with Gasteiger partial charge in [0.15, 0.2) is 5.58 Å². The van der Waals surface area contributed by atoms with Crippen molar-refractivity contribution in [3.8, 4) is 0 Å². The molecule has 0 fully saturated rings. The van der Waals surface area contributed by atoms with E-state index in [1.807, 2.05) is 19.2 Å². The minimum atomic E-state index is -0.424. The molecule has 2 rings (SSSR count). The number of benzene rings is 1. The predicted octanol–water partition coefficient (Wildman–Crippen LogP) is 1.54. The Balaban J connectivity index is 2.27. The van der Waals surface area contributed by atoms with Crippen LogP contribution in [0.1, 0.15) is 13.8 Å². The van der Waals surface area contributed by atoms with E-state index in [0.29, 0.717) is 12.1 Å². The lowest BCUT2D eigenvalue weighted by atomic mass is 9.93. The summed E-state index contributed by atoms with van der Waals surface area (Å²) in [4.78, 5) is 15.9. The Hall–Kier alpha value is -1.75. The first-order valence-electron chi connectivity index (χ1n) is 5.95. The number of nitrogens with zero attached hydrogens (tertiary/aromatic N) is 1. The van der Waals surface area contributed by atoms with Crippen molar-refractivity contribution in [2.24, 2.45) is 11.1 Å². The van der Waals surface area contributed by atoms with Crippen LogP contribution in [0.25, 0.3) is 11.1 Å². The van der Waals surface area contributed by atoms with Gasteiger partial charge in [0.25, 0.3) is 0 Å². The van der Waals surface area contributed by atoms with E-state index in [1.54, 1.807) is 6.07 Å². The predicted molar refractivity (Wildman–Crippen MR) is 72.9 cm³/mol. The molecule has 0 aliphatic carbocycles. The van der Waals surface area contributed by atoms with E-state index in [0.717, 1.165) is 17.7 Å². The molecular weight excluding hydrogens is 230 g/mol. The Morgan fingerprint density at radius 3 is 2.83 bits per heavy atom. The van der Waals surface area contributed by atoms with Crippen molar-refractivity contribution < 1.29 is 4.42 Å². The quantitative estimate of drug-likeness (QED) is 0.862. The zero-order valence-electron chi connectivity index (χ0n) is 11.0. The van der Waals surface area contributed by atoms with Crippen LogP contribution in [-0.2, 0) is 0 Å². The lowest BCUT2D eigenvalue weighted by Gasteiger charge is -2.30. The molecule has 0 saturated heterocycles. The number of fused-ring (bicyclic) bond motifs is 1. The number of aromatic nitrogens is 1. The fourth-order valence-corrected chi connectivity index (χ4v) is 1.98. The number of nitrogens with two attached hydrogens (primary N) is 1. The largest absolute Gasteiger partial charge is 0.417 e. The number of oxazole rings is 1. The van der Waals surface area contributed by atoms with Crippen LogP contribution in [0.4, 0.5) is 5.69 Å². The number of hydrogen-bond acceptors (Lipinski definition) is 4. The van der Waals surface area contributed by atoms with Crippen molar-refractivity contribution in [3.05, 3.63) is 28.7 Å². The molecule has 18 heavy (non-hydrogen) atoms. The molecule has 1 aromatic heterocycles. The fraction of sp³-hybridized carbons (Fsp3) is 0.462. The maximum atomic E-state index is 11.1. The summed E-state index contributed by atoms with van der Waals surface area (Å²) in [5, 5.41) is 0. The second kappa shape index (κ2) is 4.49. The molecule has 2 aromatic rings. The van der Waals surface area contributed by atoms with E-state index >= 15 is 0 Å². The van der Waals surface area contributed by atoms with Gasteiger partial charge in [0, 0.05) is 19.3 Å². The number of H-pyrrole nitrogens is 1. The molecule has 1 heterocycles. The molecule has 0 aliphatic rings. The molecule has 0 unspecified atom stereocenters. The number of hydrogen-bond donors (Lipinski definition) is 2. The zero-order chi connectivity index (χ0) is 13.3. The molecule has 98 valence electrons. The summed E-state index contributed by atoms with van der Waals surface area (Å²) in [7, 11) is 2.01. The van der Waals surface area contributed by atoms with Crippen molar-refractivity contribution in [1.82, 2.24) is 4.98 Å². The molecule has 1 aromatic carbocycles. The van der Waals surface area contributed by atoms with E-state index in [-0.39, 0.29) is 5.41 Å². The van der Waals surface area contributed by atoms with Gasteiger partial charge >= 0.3 is 5.76 Å². The molecule has 0 radical (unpaired) electrons. The minimum absolute atomic E-state index is 0.0491. The average Bonchev–Trinajstić information content (AvgIpc) is 2.67. The number of aromatic amines is 1. The summed E-state index contributed by atoms with van der Waals surface area (Å²) >= 11 is 0. The van der Waals surface area contributed by atoms with Gasteiger partial charge < -0.3 is 15.1 Å². The number of anilines is 1. The lowest BCUT2D eigenvalue weighted by molar-refractivity contribution is 0.385. The lowest BCUT2D eigenvalue weighted by Crippen LogP contribution is -2.36. The molecule has 0 amide bonds.